The average Bonchev–Trinajstić information content (AvgIpc) is 2.13. The number of rotatable bonds is 4. The molecule has 0 bridgehead atoms. The molecule has 0 aromatic rings. The molecule has 0 saturated carbocycles. The lowest BCUT2D eigenvalue weighted by Crippen LogP contribution is -2.18. The van der Waals surface area contributed by atoms with E-state index in [1.807, 2.05) is 0 Å². The van der Waals surface area contributed by atoms with Crippen molar-refractivity contribution in [2.45, 2.75) is 0 Å². The van der Waals surface area contributed by atoms with Crippen LogP contribution in [0.2, 0.25) is 0 Å². The van der Waals surface area contributed by atoms with Gasteiger partial charge < -0.3 is 31.2 Å². The molecule has 0 spiro atoms. The van der Waals surface area contributed by atoms with E-state index in [1.165, 1.54) is 14.2 Å². The van der Waals surface area contributed by atoms with Crippen LogP contribution in [0.1, 0.15) is 0 Å². The highest BCUT2D eigenvalue weighted by Crippen LogP contribution is 2.03. The van der Waals surface area contributed by atoms with Crippen molar-refractivity contribution < 1.29 is 24.5 Å². The minimum atomic E-state index is -0.833. The van der Waals surface area contributed by atoms with Gasteiger partial charge in [0.15, 0.2) is 11.5 Å². The van der Waals surface area contributed by atoms with Crippen molar-refractivity contribution >= 4 is 6.03 Å². The van der Waals surface area contributed by atoms with E-state index in [-0.39, 0.29) is 24.7 Å². The van der Waals surface area contributed by atoms with E-state index in [4.69, 9.17) is 15.0 Å². The second-order valence-corrected chi connectivity index (χ2v) is 1.97. The second kappa shape index (κ2) is 9.62. The minimum absolute atomic E-state index is 0.255. The van der Waals surface area contributed by atoms with Crippen molar-refractivity contribution in [2.75, 3.05) is 27.4 Å². The van der Waals surface area contributed by atoms with Crippen molar-refractivity contribution in [1.29, 1.82) is 0 Å². The standard InChI is InChI=1S/C6H12O4.CH4N2O/c1-9-5(3-7)6(4-8)10-2;2-1(3)4/h7-8H,3-4H2,1-2H3;(H4,2,3,4). The number of amides is 2. The molecular weight excluding hydrogens is 192 g/mol. The maximum Gasteiger partial charge on any atom is 0.309 e. The molecule has 14 heavy (non-hydrogen) atoms. The zero-order valence-electron chi connectivity index (χ0n) is 8.19. The number of primary amides is 2. The highest BCUT2D eigenvalue weighted by Gasteiger charge is 2.03. The van der Waals surface area contributed by atoms with Crippen molar-refractivity contribution in [3.8, 4) is 0 Å². The fourth-order valence-electron chi connectivity index (χ4n) is 0.533. The van der Waals surface area contributed by atoms with Crippen molar-refractivity contribution in [2.24, 2.45) is 11.5 Å². The van der Waals surface area contributed by atoms with E-state index in [2.05, 4.69) is 20.9 Å². The molecule has 84 valence electrons. The summed E-state index contributed by atoms with van der Waals surface area (Å²) in [5.41, 5.74) is 8.50. The van der Waals surface area contributed by atoms with Crippen LogP contribution in [0.5, 0.6) is 0 Å². The van der Waals surface area contributed by atoms with Gasteiger partial charge in [0.05, 0.1) is 14.2 Å². The van der Waals surface area contributed by atoms with Crippen LogP contribution >= 0.6 is 0 Å². The third-order valence-corrected chi connectivity index (χ3v) is 1.09. The van der Waals surface area contributed by atoms with Gasteiger partial charge >= 0.3 is 6.03 Å². The minimum Gasteiger partial charge on any atom is -0.495 e. The molecule has 7 nitrogen and oxygen atoms in total. The van der Waals surface area contributed by atoms with Crippen LogP contribution in [-0.4, -0.2) is 43.7 Å². The lowest BCUT2D eigenvalue weighted by atomic mass is 10.4. The summed E-state index contributed by atoms with van der Waals surface area (Å²) in [6.45, 7) is -0.527. The first-order chi connectivity index (χ1) is 6.53. The Balaban J connectivity index is 0. The van der Waals surface area contributed by atoms with Gasteiger partial charge in [-0.25, -0.2) is 4.79 Å². The number of ether oxygens (including phenoxy) is 2. The first kappa shape index (κ1) is 15.0. The Bertz CT molecular complexity index is 163. The maximum absolute atomic E-state index is 9.00. The van der Waals surface area contributed by atoms with Gasteiger partial charge in [-0.2, -0.15) is 0 Å². The topological polar surface area (TPSA) is 128 Å². The van der Waals surface area contributed by atoms with Crippen LogP contribution in [0.4, 0.5) is 4.79 Å². The highest BCUT2D eigenvalue weighted by molar-refractivity contribution is 5.69. The summed E-state index contributed by atoms with van der Waals surface area (Å²) in [5.74, 6) is 0.509. The Morgan fingerprint density at radius 2 is 1.29 bits per heavy atom. The average molecular weight is 208 g/mol. The third kappa shape index (κ3) is 8.62. The summed E-state index contributed by atoms with van der Waals surface area (Å²) in [6, 6.07) is -0.833. The molecular formula is C7H16N2O5. The number of aliphatic hydroxyl groups excluding tert-OH is 2. The number of hydrogen-bond acceptors (Lipinski definition) is 5. The monoisotopic (exact) mass is 208 g/mol. The molecule has 7 heteroatoms. The van der Waals surface area contributed by atoms with Crippen LogP contribution < -0.4 is 11.5 Å². The third-order valence-electron chi connectivity index (χ3n) is 1.09. The number of urea groups is 1. The first-order valence-corrected chi connectivity index (χ1v) is 3.60. The smallest absolute Gasteiger partial charge is 0.309 e. The molecule has 0 aliphatic rings. The summed E-state index contributed by atoms with van der Waals surface area (Å²) in [6.07, 6.45) is 0. The maximum atomic E-state index is 9.00. The van der Waals surface area contributed by atoms with Crippen LogP contribution in [0.15, 0.2) is 11.5 Å². The van der Waals surface area contributed by atoms with E-state index < -0.39 is 6.03 Å². The Morgan fingerprint density at radius 1 is 1.07 bits per heavy atom. The quantitative estimate of drug-likeness (QED) is 0.418. The lowest BCUT2D eigenvalue weighted by Gasteiger charge is -2.07. The zero-order chi connectivity index (χ0) is 11.6. The van der Waals surface area contributed by atoms with E-state index in [0.29, 0.717) is 0 Å². The lowest BCUT2D eigenvalue weighted by molar-refractivity contribution is 0.143. The molecule has 0 aliphatic heterocycles. The van der Waals surface area contributed by atoms with Gasteiger partial charge in [0.1, 0.15) is 13.2 Å². The summed E-state index contributed by atoms with van der Waals surface area (Å²) in [7, 11) is 2.81. The predicted molar refractivity (Wildman–Crippen MR) is 49.0 cm³/mol. The number of hydrogen-bond donors (Lipinski definition) is 4. The molecule has 0 aromatic carbocycles. The van der Waals surface area contributed by atoms with Crippen molar-refractivity contribution in [3.63, 3.8) is 0 Å². The summed E-state index contributed by atoms with van der Waals surface area (Å²) < 4.78 is 9.38. The summed E-state index contributed by atoms with van der Waals surface area (Å²) in [4.78, 5) is 9.00. The molecule has 0 radical (unpaired) electrons. The van der Waals surface area contributed by atoms with Gasteiger partial charge in [0.25, 0.3) is 0 Å². The van der Waals surface area contributed by atoms with E-state index in [1.54, 1.807) is 0 Å². The van der Waals surface area contributed by atoms with E-state index >= 15 is 0 Å². The number of carbonyl (C=O) groups is 1. The Kier molecular flexibility index (Phi) is 10.3. The van der Waals surface area contributed by atoms with Gasteiger partial charge in [-0.1, -0.05) is 0 Å². The molecule has 0 fully saturated rings. The number of carbonyl (C=O) groups excluding carboxylic acids is 1. The van der Waals surface area contributed by atoms with Gasteiger partial charge in [0, 0.05) is 0 Å². The molecule has 6 N–H and O–H groups in total. The van der Waals surface area contributed by atoms with Crippen LogP contribution in [0, 0.1) is 0 Å². The Labute approximate surface area is 81.9 Å². The largest absolute Gasteiger partial charge is 0.495 e. The van der Waals surface area contributed by atoms with E-state index in [9.17, 15) is 0 Å². The van der Waals surface area contributed by atoms with Gasteiger partial charge in [-0.05, 0) is 0 Å². The molecule has 0 rings (SSSR count). The second-order valence-electron chi connectivity index (χ2n) is 1.97. The predicted octanol–water partition coefficient (Wildman–Crippen LogP) is -1.50. The fraction of sp³-hybridized carbons (Fsp3) is 0.571. The van der Waals surface area contributed by atoms with Gasteiger partial charge in [-0.15, -0.1) is 0 Å². The Morgan fingerprint density at radius 3 is 1.36 bits per heavy atom. The van der Waals surface area contributed by atoms with Gasteiger partial charge in [0.2, 0.25) is 0 Å². The fourth-order valence-corrected chi connectivity index (χ4v) is 0.533. The molecule has 0 heterocycles. The van der Waals surface area contributed by atoms with Crippen molar-refractivity contribution in [3.05, 3.63) is 11.5 Å². The SMILES string of the molecule is COC(CO)=C(CO)OC.NC(N)=O. The summed E-state index contributed by atoms with van der Waals surface area (Å²) in [5, 5.41) is 17.2. The number of methoxy groups -OCH3 is 2. The normalized spacial score (nSPS) is 10.6. The summed E-state index contributed by atoms with van der Waals surface area (Å²) >= 11 is 0. The van der Waals surface area contributed by atoms with Crippen LogP contribution in [0.3, 0.4) is 0 Å². The molecule has 0 aliphatic carbocycles. The molecule has 0 unspecified atom stereocenters. The van der Waals surface area contributed by atoms with Crippen molar-refractivity contribution in [1.82, 2.24) is 0 Å². The van der Waals surface area contributed by atoms with E-state index in [0.717, 1.165) is 0 Å². The molecule has 0 atom stereocenters. The molecule has 0 saturated heterocycles. The number of aliphatic hydroxyl groups is 2. The van der Waals surface area contributed by atoms with Crippen LogP contribution in [-0.2, 0) is 9.47 Å². The molecule has 2 amide bonds. The highest BCUT2D eigenvalue weighted by atomic mass is 16.5. The zero-order valence-corrected chi connectivity index (χ0v) is 8.19. The molecule has 0 aromatic heterocycles. The van der Waals surface area contributed by atoms with Gasteiger partial charge in [-0.3, -0.25) is 0 Å². The number of nitrogens with two attached hydrogens (primary N) is 2. The Hall–Kier alpha value is -1.47. The van der Waals surface area contributed by atoms with Crippen LogP contribution in [0.25, 0.3) is 0 Å². The first-order valence-electron chi connectivity index (χ1n) is 3.60.